The van der Waals surface area contributed by atoms with Crippen LogP contribution in [0.1, 0.15) is 45.2 Å². The van der Waals surface area contributed by atoms with Gasteiger partial charge < -0.3 is 9.47 Å². The molecule has 5 nitrogen and oxygen atoms in total. The molecule has 6 heteroatoms. The Hall–Kier alpha value is -1.27. The normalized spacial score (nSPS) is 22.3. The second-order valence-corrected chi connectivity index (χ2v) is 9.38. The number of sulfonamides is 1. The first kappa shape index (κ1) is 16.6. The average Bonchev–Trinajstić information content (AvgIpc) is 2.94. The summed E-state index contributed by atoms with van der Waals surface area (Å²) in [6.07, 6.45) is 1.70. The zero-order valence-electron chi connectivity index (χ0n) is 14.0. The Labute approximate surface area is 138 Å². The van der Waals surface area contributed by atoms with Gasteiger partial charge in [-0.15, -0.1) is 0 Å². The van der Waals surface area contributed by atoms with E-state index in [9.17, 15) is 8.42 Å². The lowest BCUT2D eigenvalue weighted by molar-refractivity contribution is 0.167. The Bertz CT molecular complexity index is 678. The molecule has 2 aliphatic heterocycles. The molecule has 0 spiro atoms. The molecular weight excluding hydrogens is 314 g/mol. The van der Waals surface area contributed by atoms with Crippen LogP contribution in [0.2, 0.25) is 0 Å². The molecule has 0 N–H and O–H groups in total. The van der Waals surface area contributed by atoms with E-state index in [1.165, 1.54) is 0 Å². The number of benzene rings is 1. The van der Waals surface area contributed by atoms with Gasteiger partial charge in [-0.3, -0.25) is 0 Å². The van der Waals surface area contributed by atoms with E-state index in [0.29, 0.717) is 31.3 Å². The summed E-state index contributed by atoms with van der Waals surface area (Å²) in [6, 6.07) is 5.60. The molecule has 0 radical (unpaired) electrons. The highest BCUT2D eigenvalue weighted by Gasteiger charge is 2.39. The van der Waals surface area contributed by atoms with E-state index >= 15 is 0 Å². The van der Waals surface area contributed by atoms with Crippen LogP contribution in [0.25, 0.3) is 0 Å². The quantitative estimate of drug-likeness (QED) is 0.849. The maximum Gasteiger partial charge on any atom is 0.215 e. The van der Waals surface area contributed by atoms with Gasteiger partial charge in [-0.1, -0.05) is 32.9 Å². The van der Waals surface area contributed by atoms with Crippen molar-refractivity contribution < 1.29 is 17.9 Å². The van der Waals surface area contributed by atoms with Gasteiger partial charge in [0.1, 0.15) is 13.2 Å². The lowest BCUT2D eigenvalue weighted by Gasteiger charge is -2.30. The highest BCUT2D eigenvalue weighted by molar-refractivity contribution is 7.89. The first-order valence-corrected chi connectivity index (χ1v) is 9.77. The van der Waals surface area contributed by atoms with Crippen molar-refractivity contribution in [3.8, 4) is 11.5 Å². The van der Waals surface area contributed by atoms with Crippen LogP contribution in [-0.4, -0.2) is 38.2 Å². The summed E-state index contributed by atoms with van der Waals surface area (Å²) in [4.78, 5) is 0. The van der Waals surface area contributed by atoms with Gasteiger partial charge in [-0.05, 0) is 24.3 Å². The second kappa shape index (κ2) is 5.98. The highest BCUT2D eigenvalue weighted by Crippen LogP contribution is 2.44. The molecule has 1 saturated heterocycles. The molecule has 0 saturated carbocycles. The van der Waals surface area contributed by atoms with E-state index in [1.807, 2.05) is 39.0 Å². The molecule has 0 aromatic heterocycles. The van der Waals surface area contributed by atoms with E-state index in [0.717, 1.165) is 18.4 Å². The van der Waals surface area contributed by atoms with Crippen LogP contribution in [-0.2, 0) is 10.0 Å². The number of para-hydroxylation sites is 1. The van der Waals surface area contributed by atoms with Gasteiger partial charge in [0.15, 0.2) is 11.5 Å². The number of fused-ring (bicyclic) bond motifs is 1. The molecule has 3 rings (SSSR count). The minimum Gasteiger partial charge on any atom is -0.486 e. The summed E-state index contributed by atoms with van der Waals surface area (Å²) in [5.41, 5.74) is 0.666. The van der Waals surface area contributed by atoms with E-state index in [2.05, 4.69) is 0 Å². The zero-order chi connectivity index (χ0) is 16.7. The van der Waals surface area contributed by atoms with Crippen molar-refractivity contribution in [3.05, 3.63) is 23.8 Å². The molecule has 1 unspecified atom stereocenters. The Morgan fingerprint density at radius 2 is 1.96 bits per heavy atom. The predicted molar refractivity (Wildman–Crippen MR) is 89.4 cm³/mol. The van der Waals surface area contributed by atoms with Gasteiger partial charge in [-0.25, -0.2) is 8.42 Å². The zero-order valence-corrected chi connectivity index (χ0v) is 14.9. The van der Waals surface area contributed by atoms with Gasteiger partial charge in [0, 0.05) is 12.1 Å². The molecule has 23 heavy (non-hydrogen) atoms. The fraction of sp³-hybridized carbons (Fsp3) is 0.647. The average molecular weight is 339 g/mol. The Kier molecular flexibility index (Phi) is 4.31. The van der Waals surface area contributed by atoms with Gasteiger partial charge >= 0.3 is 0 Å². The summed E-state index contributed by atoms with van der Waals surface area (Å²) < 4.78 is 38.8. The molecule has 1 atom stereocenters. The summed E-state index contributed by atoms with van der Waals surface area (Å²) in [5, 5.41) is 0. The van der Waals surface area contributed by atoms with Gasteiger partial charge in [0.05, 0.1) is 11.8 Å². The summed E-state index contributed by atoms with van der Waals surface area (Å²) in [6.45, 7) is 7.48. The number of nitrogens with zero attached hydrogens (tertiary/aromatic N) is 1. The van der Waals surface area contributed by atoms with Crippen LogP contribution in [0.5, 0.6) is 11.5 Å². The van der Waals surface area contributed by atoms with Crippen molar-refractivity contribution in [2.24, 2.45) is 5.41 Å². The fourth-order valence-corrected chi connectivity index (χ4v) is 5.65. The first-order valence-electron chi connectivity index (χ1n) is 8.16. The van der Waals surface area contributed by atoms with Crippen LogP contribution in [0.15, 0.2) is 18.2 Å². The van der Waals surface area contributed by atoms with Crippen LogP contribution in [0.4, 0.5) is 0 Å². The maximum absolute atomic E-state index is 12.9. The van der Waals surface area contributed by atoms with E-state index < -0.39 is 10.0 Å². The molecule has 128 valence electrons. The van der Waals surface area contributed by atoms with E-state index in [4.69, 9.17) is 9.47 Å². The van der Waals surface area contributed by atoms with Gasteiger partial charge in [0.25, 0.3) is 0 Å². The molecule has 1 aromatic rings. The molecule has 2 aliphatic rings. The number of ether oxygens (including phenoxy) is 2. The minimum absolute atomic E-state index is 0.154. The van der Waals surface area contributed by atoms with Crippen molar-refractivity contribution in [2.75, 3.05) is 25.5 Å². The monoisotopic (exact) mass is 339 g/mol. The van der Waals surface area contributed by atoms with Crippen molar-refractivity contribution >= 4 is 10.0 Å². The third-order valence-corrected chi connectivity index (χ3v) is 6.51. The van der Waals surface area contributed by atoms with Gasteiger partial charge in [-0.2, -0.15) is 4.31 Å². The minimum atomic E-state index is -3.30. The molecule has 1 aromatic carbocycles. The smallest absolute Gasteiger partial charge is 0.215 e. The first-order chi connectivity index (χ1) is 10.8. The third kappa shape index (κ3) is 3.48. The van der Waals surface area contributed by atoms with Gasteiger partial charge in [0.2, 0.25) is 10.0 Å². The van der Waals surface area contributed by atoms with Crippen LogP contribution in [0.3, 0.4) is 0 Å². The van der Waals surface area contributed by atoms with Crippen LogP contribution >= 0.6 is 0 Å². The largest absolute Gasteiger partial charge is 0.486 e. The van der Waals surface area contributed by atoms with Crippen LogP contribution in [0, 0.1) is 5.41 Å². The SMILES string of the molecule is CC(C)(C)CS(=O)(=O)N1CCCC1c1cccc2c1OCCO2. The summed E-state index contributed by atoms with van der Waals surface area (Å²) in [5.74, 6) is 1.58. The van der Waals surface area contributed by atoms with E-state index in [1.54, 1.807) is 4.31 Å². The van der Waals surface area contributed by atoms with Crippen LogP contribution < -0.4 is 9.47 Å². The lowest BCUT2D eigenvalue weighted by Crippen LogP contribution is -2.36. The molecule has 0 bridgehead atoms. The number of hydrogen-bond acceptors (Lipinski definition) is 4. The molecule has 0 aliphatic carbocycles. The molecule has 2 heterocycles. The number of hydrogen-bond donors (Lipinski definition) is 0. The number of rotatable bonds is 3. The Balaban J connectivity index is 1.94. The summed E-state index contributed by atoms with van der Waals surface area (Å²) >= 11 is 0. The standard InChI is InChI=1S/C17H25NO4S/c1-17(2,3)12-23(19,20)18-9-5-7-14(18)13-6-4-8-15-16(13)22-11-10-21-15/h4,6,8,14H,5,7,9-12H2,1-3H3. The maximum atomic E-state index is 12.9. The Morgan fingerprint density at radius 3 is 2.70 bits per heavy atom. The fourth-order valence-electron chi connectivity index (χ4n) is 3.37. The lowest BCUT2D eigenvalue weighted by atomic mass is 10.0. The van der Waals surface area contributed by atoms with Crippen molar-refractivity contribution in [3.63, 3.8) is 0 Å². The Morgan fingerprint density at radius 1 is 1.22 bits per heavy atom. The summed E-state index contributed by atoms with van der Waals surface area (Å²) in [7, 11) is -3.30. The third-order valence-electron chi connectivity index (χ3n) is 4.13. The highest BCUT2D eigenvalue weighted by atomic mass is 32.2. The molecule has 1 fully saturated rings. The topological polar surface area (TPSA) is 55.8 Å². The predicted octanol–water partition coefficient (Wildman–Crippen LogP) is 2.97. The second-order valence-electron chi connectivity index (χ2n) is 7.46. The molecule has 0 amide bonds. The van der Waals surface area contributed by atoms with Crippen molar-refractivity contribution in [1.29, 1.82) is 0 Å². The van der Waals surface area contributed by atoms with Crippen molar-refractivity contribution in [1.82, 2.24) is 4.31 Å². The molecular formula is C17H25NO4S. The van der Waals surface area contributed by atoms with E-state index in [-0.39, 0.29) is 17.2 Å². The van der Waals surface area contributed by atoms with Crippen molar-refractivity contribution in [2.45, 2.75) is 39.7 Å².